The van der Waals surface area contributed by atoms with E-state index < -0.39 is 72.6 Å². The minimum absolute atomic E-state index is 0.123. The molecule has 14 heteroatoms. The molecule has 3 amide bonds. The van der Waals surface area contributed by atoms with Gasteiger partial charge in [-0.05, 0) is 31.7 Å². The zero-order valence-corrected chi connectivity index (χ0v) is 18.6. The summed E-state index contributed by atoms with van der Waals surface area (Å²) in [5, 5.41) is 33.5. The summed E-state index contributed by atoms with van der Waals surface area (Å²) in [5.74, 6) is -7.58. The van der Waals surface area contributed by atoms with Gasteiger partial charge in [-0.2, -0.15) is 0 Å². The largest absolute Gasteiger partial charge is 0.481 e. The molecular formula is C19H33N5O9. The molecule has 4 unspecified atom stereocenters. The minimum atomic E-state index is -1.84. The van der Waals surface area contributed by atoms with Crippen LogP contribution in [-0.2, 0) is 28.8 Å². The van der Waals surface area contributed by atoms with Gasteiger partial charge in [0.1, 0.15) is 18.1 Å². The molecule has 0 aromatic heterocycles. The number of amides is 3. The Morgan fingerprint density at radius 3 is 1.64 bits per heavy atom. The highest BCUT2D eigenvalue weighted by atomic mass is 16.4. The van der Waals surface area contributed by atoms with Gasteiger partial charge in [-0.3, -0.25) is 24.0 Å². The first-order valence-corrected chi connectivity index (χ1v) is 10.3. The van der Waals surface area contributed by atoms with Crippen LogP contribution in [0.2, 0.25) is 0 Å². The van der Waals surface area contributed by atoms with E-state index in [1.54, 1.807) is 13.8 Å². The van der Waals surface area contributed by atoms with Crippen molar-refractivity contribution in [3.8, 4) is 0 Å². The first kappa shape index (κ1) is 29.7. The van der Waals surface area contributed by atoms with Gasteiger partial charge in [-0.15, -0.1) is 0 Å². The molecule has 0 fully saturated rings. The second-order valence-corrected chi connectivity index (χ2v) is 7.77. The maximum Gasteiger partial charge on any atom is 0.326 e. The molecule has 0 saturated heterocycles. The Morgan fingerprint density at radius 1 is 0.727 bits per heavy atom. The fourth-order valence-electron chi connectivity index (χ4n) is 2.64. The Morgan fingerprint density at radius 2 is 1.18 bits per heavy atom. The highest BCUT2D eigenvalue weighted by Gasteiger charge is 2.32. The maximum atomic E-state index is 12.8. The smallest absolute Gasteiger partial charge is 0.326 e. The topological polar surface area (TPSA) is 251 Å². The predicted molar refractivity (Wildman–Crippen MR) is 114 cm³/mol. The number of carbonyl (C=O) groups excluding carboxylic acids is 3. The van der Waals surface area contributed by atoms with Crippen molar-refractivity contribution in [2.45, 2.75) is 70.1 Å². The SMILES string of the molecule is CC(C)C(N)C(=O)NC(CCCCN)C(=O)NC(CC(=O)O)C(=O)NC(CC(=O)O)C(=O)O. The van der Waals surface area contributed by atoms with Crippen molar-refractivity contribution in [1.82, 2.24) is 16.0 Å². The Hall–Kier alpha value is -3.26. The molecule has 4 atom stereocenters. The van der Waals surface area contributed by atoms with Crippen LogP contribution in [0.1, 0.15) is 46.0 Å². The third kappa shape index (κ3) is 11.8. The number of nitrogens with one attached hydrogen (secondary N) is 3. The molecule has 14 nitrogen and oxygen atoms in total. The van der Waals surface area contributed by atoms with Gasteiger partial charge in [0.05, 0.1) is 18.9 Å². The number of aliphatic carboxylic acids is 3. The van der Waals surface area contributed by atoms with Crippen LogP contribution in [0.3, 0.4) is 0 Å². The lowest BCUT2D eigenvalue weighted by Crippen LogP contribution is -2.58. The maximum absolute atomic E-state index is 12.8. The molecule has 0 aliphatic heterocycles. The molecule has 0 spiro atoms. The summed E-state index contributed by atoms with van der Waals surface area (Å²) >= 11 is 0. The molecule has 0 rings (SSSR count). The highest BCUT2D eigenvalue weighted by Crippen LogP contribution is 2.06. The standard InChI is InChI=1S/C19H33N5O9/c1-9(2)15(21)18(31)22-10(5-3-4-6-20)16(29)23-11(7-13(25)26)17(30)24-12(19(32)33)8-14(27)28/h9-12,15H,3-8,20-21H2,1-2H3,(H,22,31)(H,23,29)(H,24,30)(H,25,26)(H,27,28)(H,32,33). The van der Waals surface area contributed by atoms with Gasteiger partial charge in [0.2, 0.25) is 17.7 Å². The fourth-order valence-corrected chi connectivity index (χ4v) is 2.64. The van der Waals surface area contributed by atoms with Gasteiger partial charge in [-0.25, -0.2) is 4.79 Å². The van der Waals surface area contributed by atoms with Crippen LogP contribution in [-0.4, -0.2) is 81.7 Å². The van der Waals surface area contributed by atoms with Gasteiger partial charge >= 0.3 is 17.9 Å². The van der Waals surface area contributed by atoms with Gasteiger partial charge in [0.15, 0.2) is 0 Å². The molecule has 0 bridgehead atoms. The van der Waals surface area contributed by atoms with E-state index in [1.807, 2.05) is 5.32 Å². The summed E-state index contributed by atoms with van der Waals surface area (Å²) in [6.07, 6.45) is -0.783. The zero-order valence-electron chi connectivity index (χ0n) is 18.6. The van der Waals surface area contributed by atoms with Gasteiger partial charge in [0, 0.05) is 0 Å². The van der Waals surface area contributed by atoms with E-state index in [1.165, 1.54) is 0 Å². The molecule has 0 saturated carbocycles. The van der Waals surface area contributed by atoms with Crippen LogP contribution >= 0.6 is 0 Å². The quantitative estimate of drug-likeness (QED) is 0.109. The van der Waals surface area contributed by atoms with Gasteiger partial charge in [-0.1, -0.05) is 13.8 Å². The molecule has 188 valence electrons. The van der Waals surface area contributed by atoms with Gasteiger partial charge in [0.25, 0.3) is 0 Å². The second-order valence-electron chi connectivity index (χ2n) is 7.77. The van der Waals surface area contributed by atoms with Crippen molar-refractivity contribution in [2.75, 3.05) is 6.54 Å². The molecule has 0 aliphatic rings. The summed E-state index contributed by atoms with van der Waals surface area (Å²) < 4.78 is 0. The lowest BCUT2D eigenvalue weighted by Gasteiger charge is -2.25. The first-order chi connectivity index (χ1) is 15.3. The minimum Gasteiger partial charge on any atom is -0.481 e. The Labute approximate surface area is 190 Å². The van der Waals surface area contributed by atoms with E-state index in [-0.39, 0.29) is 12.3 Å². The van der Waals surface area contributed by atoms with Crippen LogP contribution in [0.4, 0.5) is 0 Å². The number of hydrogen-bond acceptors (Lipinski definition) is 8. The Balaban J connectivity index is 5.55. The number of hydrogen-bond donors (Lipinski definition) is 8. The lowest BCUT2D eigenvalue weighted by molar-refractivity contribution is -0.148. The van der Waals surface area contributed by atoms with Gasteiger partial charge < -0.3 is 42.7 Å². The van der Waals surface area contributed by atoms with Crippen molar-refractivity contribution >= 4 is 35.6 Å². The molecular weight excluding hydrogens is 442 g/mol. The lowest BCUT2D eigenvalue weighted by atomic mass is 10.0. The fraction of sp³-hybridized carbons (Fsp3) is 0.684. The first-order valence-electron chi connectivity index (χ1n) is 10.3. The van der Waals surface area contributed by atoms with Crippen LogP contribution in [0.5, 0.6) is 0 Å². The number of carboxylic acids is 3. The summed E-state index contributed by atoms with van der Waals surface area (Å²) in [6, 6.07) is -5.64. The van der Waals surface area contributed by atoms with E-state index in [2.05, 4.69) is 10.6 Å². The third-order valence-electron chi connectivity index (χ3n) is 4.61. The number of carbonyl (C=O) groups is 6. The van der Waals surface area contributed by atoms with Crippen LogP contribution in [0.25, 0.3) is 0 Å². The molecule has 0 aromatic rings. The summed E-state index contributed by atoms with van der Waals surface area (Å²) in [6.45, 7) is 3.74. The van der Waals surface area contributed by atoms with E-state index in [0.717, 1.165) is 0 Å². The molecule has 10 N–H and O–H groups in total. The van der Waals surface area contributed by atoms with Crippen molar-refractivity contribution < 1.29 is 44.1 Å². The summed E-state index contributed by atoms with van der Waals surface area (Å²) in [4.78, 5) is 70.7. The normalized spacial score (nSPS) is 14.5. The number of rotatable bonds is 16. The van der Waals surface area contributed by atoms with E-state index in [4.69, 9.17) is 26.8 Å². The number of carboxylic acid groups (broad SMARTS) is 3. The number of nitrogens with two attached hydrogens (primary N) is 2. The number of unbranched alkanes of at least 4 members (excludes halogenated alkanes) is 1. The Kier molecular flexibility index (Phi) is 13.3. The monoisotopic (exact) mass is 475 g/mol. The van der Waals surface area contributed by atoms with Crippen LogP contribution in [0, 0.1) is 5.92 Å². The van der Waals surface area contributed by atoms with Crippen LogP contribution < -0.4 is 27.4 Å². The van der Waals surface area contributed by atoms with Crippen molar-refractivity contribution in [1.29, 1.82) is 0 Å². The molecule has 0 radical (unpaired) electrons. The van der Waals surface area contributed by atoms with Crippen LogP contribution in [0.15, 0.2) is 0 Å². The molecule has 0 aliphatic carbocycles. The summed E-state index contributed by atoms with van der Waals surface area (Å²) in [5.41, 5.74) is 11.2. The highest BCUT2D eigenvalue weighted by molar-refractivity contribution is 5.96. The van der Waals surface area contributed by atoms with E-state index in [9.17, 15) is 28.8 Å². The molecule has 0 heterocycles. The summed E-state index contributed by atoms with van der Waals surface area (Å²) in [7, 11) is 0. The third-order valence-corrected chi connectivity index (χ3v) is 4.61. The van der Waals surface area contributed by atoms with Crippen molar-refractivity contribution in [3.05, 3.63) is 0 Å². The average molecular weight is 475 g/mol. The predicted octanol–water partition coefficient (Wildman–Crippen LogP) is -2.41. The second kappa shape index (κ2) is 14.7. The average Bonchev–Trinajstić information content (AvgIpc) is 2.70. The van der Waals surface area contributed by atoms with Crippen molar-refractivity contribution in [2.24, 2.45) is 17.4 Å². The van der Waals surface area contributed by atoms with E-state index in [0.29, 0.717) is 19.4 Å². The van der Waals surface area contributed by atoms with E-state index >= 15 is 0 Å². The molecule has 33 heavy (non-hydrogen) atoms. The molecule has 0 aromatic carbocycles. The van der Waals surface area contributed by atoms with Crippen molar-refractivity contribution in [3.63, 3.8) is 0 Å². The Bertz CT molecular complexity index is 728. The zero-order chi connectivity index (χ0) is 25.7.